The van der Waals surface area contributed by atoms with Crippen molar-refractivity contribution >= 4 is 17.1 Å². The van der Waals surface area contributed by atoms with Crippen LogP contribution in [0.4, 0.5) is 0 Å². The normalized spacial score (nSPS) is 21.4. The minimum Gasteiger partial charge on any atom is -0.300 e. The zero-order valence-corrected chi connectivity index (χ0v) is 10.6. The molecule has 0 aliphatic carbocycles. The highest BCUT2D eigenvalue weighted by Gasteiger charge is 2.24. The van der Waals surface area contributed by atoms with Gasteiger partial charge in [0.05, 0.1) is 0 Å². The molecule has 2 nitrogen and oxygen atoms in total. The number of nitrogens with zero attached hydrogens (tertiary/aromatic N) is 1. The quantitative estimate of drug-likeness (QED) is 0.785. The van der Waals surface area contributed by atoms with E-state index in [2.05, 4.69) is 21.7 Å². The van der Waals surface area contributed by atoms with Crippen molar-refractivity contribution in [3.63, 3.8) is 0 Å². The lowest BCUT2D eigenvalue weighted by Crippen LogP contribution is -2.32. The van der Waals surface area contributed by atoms with Crippen LogP contribution in [-0.4, -0.2) is 29.8 Å². The van der Waals surface area contributed by atoms with Gasteiger partial charge < -0.3 is 0 Å². The topological polar surface area (TPSA) is 20.3 Å². The van der Waals surface area contributed by atoms with Crippen LogP contribution in [0.1, 0.15) is 31.7 Å². The number of rotatable bonds is 5. The van der Waals surface area contributed by atoms with Gasteiger partial charge in [0.1, 0.15) is 5.78 Å². The molecule has 2 heterocycles. The van der Waals surface area contributed by atoms with Crippen LogP contribution in [-0.2, 0) is 11.2 Å². The standard InChI is InChI=1S/C13H19NOS/c1-11(15)9-13-3-2-6-14(13)7-4-12-5-8-16-10-12/h5,8,10,13H,2-4,6-7,9H2,1H3. The van der Waals surface area contributed by atoms with Gasteiger partial charge in [-0.25, -0.2) is 0 Å². The first-order valence-corrected chi connectivity index (χ1v) is 6.94. The highest BCUT2D eigenvalue weighted by Crippen LogP contribution is 2.21. The Morgan fingerprint density at radius 2 is 2.50 bits per heavy atom. The molecule has 0 amide bonds. The van der Waals surface area contributed by atoms with E-state index in [0.717, 1.165) is 19.4 Å². The molecule has 1 atom stereocenters. The summed E-state index contributed by atoms with van der Waals surface area (Å²) in [6.45, 7) is 3.98. The molecule has 1 aromatic heterocycles. The fraction of sp³-hybridized carbons (Fsp3) is 0.615. The van der Waals surface area contributed by atoms with E-state index in [4.69, 9.17) is 0 Å². The average Bonchev–Trinajstić information content (AvgIpc) is 2.84. The Hall–Kier alpha value is -0.670. The van der Waals surface area contributed by atoms with E-state index in [0.29, 0.717) is 11.8 Å². The number of hydrogen-bond donors (Lipinski definition) is 0. The Morgan fingerprint density at radius 3 is 3.19 bits per heavy atom. The molecule has 0 saturated carbocycles. The maximum atomic E-state index is 11.2. The molecule has 1 aliphatic rings. The minimum atomic E-state index is 0.326. The van der Waals surface area contributed by atoms with Crippen molar-refractivity contribution in [1.29, 1.82) is 0 Å². The molecular formula is C13H19NOS. The van der Waals surface area contributed by atoms with Gasteiger partial charge in [-0.15, -0.1) is 0 Å². The Bertz CT molecular complexity index is 334. The molecule has 0 spiro atoms. The predicted octanol–water partition coefficient (Wildman–Crippen LogP) is 2.73. The van der Waals surface area contributed by atoms with Crippen LogP contribution in [0.3, 0.4) is 0 Å². The summed E-state index contributed by atoms with van der Waals surface area (Å²) in [4.78, 5) is 13.6. The van der Waals surface area contributed by atoms with E-state index >= 15 is 0 Å². The molecule has 88 valence electrons. The molecule has 0 bridgehead atoms. The molecule has 1 saturated heterocycles. The van der Waals surface area contributed by atoms with Gasteiger partial charge in [-0.2, -0.15) is 11.3 Å². The summed E-state index contributed by atoms with van der Waals surface area (Å²) in [5.41, 5.74) is 1.43. The zero-order chi connectivity index (χ0) is 11.4. The number of carbonyl (C=O) groups excluding carboxylic acids is 1. The minimum absolute atomic E-state index is 0.326. The van der Waals surface area contributed by atoms with E-state index in [1.54, 1.807) is 18.3 Å². The third-order valence-electron chi connectivity index (χ3n) is 3.29. The van der Waals surface area contributed by atoms with E-state index < -0.39 is 0 Å². The highest BCUT2D eigenvalue weighted by molar-refractivity contribution is 7.07. The van der Waals surface area contributed by atoms with Crippen LogP contribution >= 0.6 is 11.3 Å². The van der Waals surface area contributed by atoms with Gasteiger partial charge in [-0.3, -0.25) is 9.69 Å². The van der Waals surface area contributed by atoms with E-state index in [1.165, 1.54) is 24.9 Å². The summed E-state index contributed by atoms with van der Waals surface area (Å²) in [5, 5.41) is 4.35. The first-order valence-electron chi connectivity index (χ1n) is 6.00. The van der Waals surface area contributed by atoms with Crippen molar-refractivity contribution in [2.45, 2.75) is 38.6 Å². The molecule has 0 radical (unpaired) electrons. The van der Waals surface area contributed by atoms with Gasteiger partial charge in [-0.1, -0.05) is 0 Å². The van der Waals surface area contributed by atoms with Crippen molar-refractivity contribution in [3.8, 4) is 0 Å². The van der Waals surface area contributed by atoms with Crippen LogP contribution in [0.2, 0.25) is 0 Å². The summed E-state index contributed by atoms with van der Waals surface area (Å²) >= 11 is 1.76. The van der Waals surface area contributed by atoms with Crippen LogP contribution < -0.4 is 0 Å². The molecule has 1 fully saturated rings. The van der Waals surface area contributed by atoms with Crippen LogP contribution in [0.25, 0.3) is 0 Å². The van der Waals surface area contributed by atoms with Gasteiger partial charge in [0.2, 0.25) is 0 Å². The summed E-state index contributed by atoms with van der Waals surface area (Å²) in [6, 6.07) is 2.71. The lowest BCUT2D eigenvalue weighted by atomic mass is 10.1. The number of hydrogen-bond acceptors (Lipinski definition) is 3. The van der Waals surface area contributed by atoms with Crippen molar-refractivity contribution in [3.05, 3.63) is 22.4 Å². The van der Waals surface area contributed by atoms with Gasteiger partial charge >= 0.3 is 0 Å². The van der Waals surface area contributed by atoms with E-state index in [-0.39, 0.29) is 0 Å². The molecule has 3 heteroatoms. The van der Waals surface area contributed by atoms with Crippen molar-refractivity contribution in [2.75, 3.05) is 13.1 Å². The van der Waals surface area contributed by atoms with Gasteiger partial charge in [0, 0.05) is 19.0 Å². The first-order chi connectivity index (χ1) is 7.75. The number of ketones is 1. The summed E-state index contributed by atoms with van der Waals surface area (Å²) in [7, 11) is 0. The second-order valence-corrected chi connectivity index (χ2v) is 5.40. The maximum absolute atomic E-state index is 11.2. The maximum Gasteiger partial charge on any atom is 0.131 e. The molecular weight excluding hydrogens is 218 g/mol. The van der Waals surface area contributed by atoms with Crippen LogP contribution in [0.5, 0.6) is 0 Å². The molecule has 1 aromatic rings. The fourth-order valence-corrected chi connectivity index (χ4v) is 3.16. The largest absolute Gasteiger partial charge is 0.300 e. The zero-order valence-electron chi connectivity index (χ0n) is 9.82. The van der Waals surface area contributed by atoms with Gasteiger partial charge in [-0.05, 0) is 55.1 Å². The van der Waals surface area contributed by atoms with E-state index in [1.807, 2.05) is 0 Å². The number of carbonyl (C=O) groups is 1. The number of thiophene rings is 1. The third-order valence-corrected chi connectivity index (χ3v) is 4.02. The fourth-order valence-electron chi connectivity index (χ4n) is 2.46. The molecule has 16 heavy (non-hydrogen) atoms. The Balaban J connectivity index is 1.81. The Labute approximate surface area is 101 Å². The molecule has 2 rings (SSSR count). The van der Waals surface area contributed by atoms with Crippen molar-refractivity contribution in [1.82, 2.24) is 4.90 Å². The highest BCUT2D eigenvalue weighted by atomic mass is 32.1. The van der Waals surface area contributed by atoms with Gasteiger partial charge in [0.15, 0.2) is 0 Å². The smallest absolute Gasteiger partial charge is 0.131 e. The average molecular weight is 237 g/mol. The SMILES string of the molecule is CC(=O)CC1CCCN1CCc1ccsc1. The number of likely N-dealkylation sites (tertiary alicyclic amines) is 1. The molecule has 1 unspecified atom stereocenters. The summed E-state index contributed by atoms with van der Waals surface area (Å²) < 4.78 is 0. The second-order valence-electron chi connectivity index (χ2n) is 4.62. The summed E-state index contributed by atoms with van der Waals surface area (Å²) in [6.07, 6.45) is 4.31. The Kier molecular flexibility index (Phi) is 4.13. The lowest BCUT2D eigenvalue weighted by molar-refractivity contribution is -0.118. The third kappa shape index (κ3) is 3.16. The van der Waals surface area contributed by atoms with Crippen molar-refractivity contribution in [2.24, 2.45) is 0 Å². The second kappa shape index (κ2) is 5.60. The first kappa shape index (κ1) is 11.8. The van der Waals surface area contributed by atoms with Crippen molar-refractivity contribution < 1.29 is 4.79 Å². The van der Waals surface area contributed by atoms with Crippen LogP contribution in [0, 0.1) is 0 Å². The van der Waals surface area contributed by atoms with Gasteiger partial charge in [0.25, 0.3) is 0 Å². The molecule has 0 aromatic carbocycles. The lowest BCUT2D eigenvalue weighted by Gasteiger charge is -2.23. The number of Topliss-reactive ketones (excluding diaryl/α,β-unsaturated/α-hetero) is 1. The van der Waals surface area contributed by atoms with E-state index in [9.17, 15) is 4.79 Å². The summed E-state index contributed by atoms with van der Waals surface area (Å²) in [5.74, 6) is 0.326. The Morgan fingerprint density at radius 1 is 1.62 bits per heavy atom. The van der Waals surface area contributed by atoms with Crippen LogP contribution in [0.15, 0.2) is 16.8 Å². The molecule has 1 aliphatic heterocycles. The molecule has 0 N–H and O–H groups in total. The predicted molar refractivity (Wildman–Crippen MR) is 67.9 cm³/mol. The monoisotopic (exact) mass is 237 g/mol.